The number of hydrogen-bond acceptors (Lipinski definition) is 6. The molecule has 1 aromatic rings. The van der Waals surface area contributed by atoms with Gasteiger partial charge in [0.2, 0.25) is 15.9 Å². The number of carbonyl (C=O) groups excluding carboxylic acids is 1. The van der Waals surface area contributed by atoms with Crippen LogP contribution in [0, 0.1) is 18.8 Å². The highest BCUT2D eigenvalue weighted by Crippen LogP contribution is 2.33. The molecule has 0 radical (unpaired) electrons. The summed E-state index contributed by atoms with van der Waals surface area (Å²) in [5.41, 5.74) is 0.634. The van der Waals surface area contributed by atoms with Crippen molar-refractivity contribution in [3.05, 3.63) is 23.8 Å². The molecule has 3 saturated heterocycles. The highest BCUT2D eigenvalue weighted by molar-refractivity contribution is 7.89. The number of hydrogen-bond donors (Lipinski definition) is 0. The molecule has 0 aliphatic carbocycles. The predicted molar refractivity (Wildman–Crippen MR) is 142 cm³/mol. The number of benzene rings is 1. The van der Waals surface area contributed by atoms with E-state index in [1.165, 1.54) is 43.1 Å². The molecule has 36 heavy (non-hydrogen) atoms. The maximum absolute atomic E-state index is 13.1. The van der Waals surface area contributed by atoms with Crippen molar-refractivity contribution in [2.45, 2.75) is 56.4 Å². The Labute approximate surface area is 217 Å². The molecule has 4 rings (SSSR count). The van der Waals surface area contributed by atoms with Gasteiger partial charge < -0.3 is 14.5 Å². The number of carbonyl (C=O) groups is 1. The molecule has 1 atom stereocenters. The molecule has 0 saturated carbocycles. The van der Waals surface area contributed by atoms with Gasteiger partial charge in [0, 0.05) is 39.1 Å². The third-order valence-corrected chi connectivity index (χ3v) is 10.8. The molecular formula is C27H44N4O4S. The fourth-order valence-electron chi connectivity index (χ4n) is 6.26. The quantitative estimate of drug-likeness (QED) is 0.525. The molecule has 3 heterocycles. The minimum Gasteiger partial charge on any atom is -0.497 e. The fourth-order valence-corrected chi connectivity index (χ4v) is 7.63. The van der Waals surface area contributed by atoms with Crippen LogP contribution in [0.1, 0.15) is 44.1 Å². The summed E-state index contributed by atoms with van der Waals surface area (Å²) < 4.78 is 32.6. The van der Waals surface area contributed by atoms with Crippen LogP contribution >= 0.6 is 0 Å². The van der Waals surface area contributed by atoms with Crippen molar-refractivity contribution in [3.63, 3.8) is 0 Å². The first-order chi connectivity index (χ1) is 17.2. The summed E-state index contributed by atoms with van der Waals surface area (Å²) in [5.74, 6) is 2.42. The van der Waals surface area contributed by atoms with Gasteiger partial charge in [0.15, 0.2) is 0 Å². The summed E-state index contributed by atoms with van der Waals surface area (Å²) in [6.45, 7) is 8.24. The van der Waals surface area contributed by atoms with Crippen LogP contribution in [-0.4, -0.2) is 106 Å². The molecule has 3 aliphatic heterocycles. The molecule has 0 N–H and O–H groups in total. The largest absolute Gasteiger partial charge is 0.497 e. The Kier molecular flexibility index (Phi) is 8.96. The third kappa shape index (κ3) is 6.23. The lowest BCUT2D eigenvalue weighted by atomic mass is 9.78. The lowest BCUT2D eigenvalue weighted by Crippen LogP contribution is -2.45. The summed E-state index contributed by atoms with van der Waals surface area (Å²) in [5, 5.41) is 0. The summed E-state index contributed by atoms with van der Waals surface area (Å²) in [6, 6.07) is 5.38. The first kappa shape index (κ1) is 27.4. The molecule has 1 aromatic carbocycles. The molecule has 202 valence electrons. The van der Waals surface area contributed by atoms with Crippen molar-refractivity contribution in [1.82, 2.24) is 19.0 Å². The third-order valence-electron chi connectivity index (χ3n) is 8.75. The number of nitrogens with zero attached hydrogens (tertiary/aromatic N) is 4. The SMILES string of the molecule is COc1ccc(S(=O)(=O)N(C)CCC(=O)N2CCC(N3CCC(C4CCN(C)CC4)CC3)C2)c(C)c1. The first-order valence-electron chi connectivity index (χ1n) is 13.5. The number of methoxy groups -OCH3 is 1. The highest BCUT2D eigenvalue weighted by Gasteiger charge is 2.35. The van der Waals surface area contributed by atoms with Crippen molar-refractivity contribution in [2.75, 3.05) is 67.0 Å². The molecule has 1 unspecified atom stereocenters. The van der Waals surface area contributed by atoms with Gasteiger partial charge in [-0.25, -0.2) is 12.7 Å². The minimum atomic E-state index is -3.66. The minimum absolute atomic E-state index is 0.0483. The van der Waals surface area contributed by atoms with Crippen molar-refractivity contribution in [3.8, 4) is 5.75 Å². The van der Waals surface area contributed by atoms with E-state index in [0.29, 0.717) is 17.4 Å². The molecule has 8 nitrogen and oxygen atoms in total. The van der Waals surface area contributed by atoms with Crippen LogP contribution in [0.25, 0.3) is 0 Å². The average molecular weight is 521 g/mol. The van der Waals surface area contributed by atoms with E-state index in [1.807, 2.05) is 4.90 Å². The van der Waals surface area contributed by atoms with Gasteiger partial charge in [-0.05, 0) is 108 Å². The number of piperidine rings is 2. The maximum atomic E-state index is 13.1. The number of ether oxygens (including phenoxy) is 1. The van der Waals surface area contributed by atoms with Crippen LogP contribution in [0.5, 0.6) is 5.75 Å². The summed E-state index contributed by atoms with van der Waals surface area (Å²) in [7, 11) is 1.67. The lowest BCUT2D eigenvalue weighted by Gasteiger charge is -2.41. The number of rotatable bonds is 8. The van der Waals surface area contributed by atoms with Gasteiger partial charge in [0.1, 0.15) is 5.75 Å². The molecule has 3 fully saturated rings. The Morgan fingerprint density at radius 3 is 2.28 bits per heavy atom. The van der Waals surface area contributed by atoms with Gasteiger partial charge in [-0.1, -0.05) is 0 Å². The summed E-state index contributed by atoms with van der Waals surface area (Å²) in [6.07, 6.45) is 6.47. The van der Waals surface area contributed by atoms with E-state index in [4.69, 9.17) is 4.74 Å². The molecule has 1 amide bonds. The lowest BCUT2D eigenvalue weighted by molar-refractivity contribution is -0.130. The van der Waals surface area contributed by atoms with Crippen molar-refractivity contribution >= 4 is 15.9 Å². The van der Waals surface area contributed by atoms with E-state index in [9.17, 15) is 13.2 Å². The second-order valence-electron chi connectivity index (χ2n) is 11.0. The van der Waals surface area contributed by atoms with Gasteiger partial charge in [-0.2, -0.15) is 0 Å². The molecule has 3 aliphatic rings. The van der Waals surface area contributed by atoms with Gasteiger partial charge >= 0.3 is 0 Å². The van der Waals surface area contributed by atoms with Crippen LogP contribution in [-0.2, 0) is 14.8 Å². The van der Waals surface area contributed by atoms with Crippen molar-refractivity contribution < 1.29 is 17.9 Å². The van der Waals surface area contributed by atoms with E-state index in [2.05, 4.69) is 16.8 Å². The molecular weight excluding hydrogens is 476 g/mol. The Balaban J connectivity index is 1.22. The monoisotopic (exact) mass is 520 g/mol. The predicted octanol–water partition coefficient (Wildman–Crippen LogP) is 2.67. The van der Waals surface area contributed by atoms with E-state index in [1.54, 1.807) is 39.3 Å². The second kappa shape index (κ2) is 11.8. The van der Waals surface area contributed by atoms with E-state index in [0.717, 1.165) is 44.4 Å². The zero-order valence-electron chi connectivity index (χ0n) is 22.5. The van der Waals surface area contributed by atoms with E-state index in [-0.39, 0.29) is 23.8 Å². The highest BCUT2D eigenvalue weighted by atomic mass is 32.2. The van der Waals surface area contributed by atoms with Gasteiger partial charge in [-0.15, -0.1) is 0 Å². The topological polar surface area (TPSA) is 73.4 Å². The van der Waals surface area contributed by atoms with Gasteiger partial charge in [0.05, 0.1) is 12.0 Å². The fraction of sp³-hybridized carbons (Fsp3) is 0.741. The zero-order valence-corrected chi connectivity index (χ0v) is 23.3. The smallest absolute Gasteiger partial charge is 0.243 e. The van der Waals surface area contributed by atoms with Crippen LogP contribution in [0.3, 0.4) is 0 Å². The number of likely N-dealkylation sites (tertiary alicyclic amines) is 3. The number of amides is 1. The first-order valence-corrected chi connectivity index (χ1v) is 14.9. The summed E-state index contributed by atoms with van der Waals surface area (Å²) >= 11 is 0. The Morgan fingerprint density at radius 1 is 1.03 bits per heavy atom. The Bertz CT molecular complexity index is 1000. The standard InChI is InChI=1S/C27H44N4O4S/c1-21-19-25(35-4)5-6-26(21)36(33,34)29(3)15-12-27(32)31-18-11-24(20-31)30-16-9-23(10-17-30)22-7-13-28(2)14-8-22/h5-6,19,22-24H,7-18,20H2,1-4H3. The van der Waals surface area contributed by atoms with E-state index >= 15 is 0 Å². The van der Waals surface area contributed by atoms with Crippen molar-refractivity contribution in [1.29, 1.82) is 0 Å². The summed E-state index contributed by atoms with van der Waals surface area (Å²) in [4.78, 5) is 20.2. The van der Waals surface area contributed by atoms with Crippen LogP contribution in [0.2, 0.25) is 0 Å². The van der Waals surface area contributed by atoms with Crippen LogP contribution in [0.15, 0.2) is 23.1 Å². The van der Waals surface area contributed by atoms with E-state index < -0.39 is 10.0 Å². The Hall–Kier alpha value is -1.68. The molecule has 0 aromatic heterocycles. The van der Waals surface area contributed by atoms with Gasteiger partial charge in [-0.3, -0.25) is 9.69 Å². The normalized spacial score (nSPS) is 23.5. The van der Waals surface area contributed by atoms with Crippen LogP contribution < -0.4 is 4.74 Å². The molecule has 9 heteroatoms. The zero-order chi connectivity index (χ0) is 25.9. The maximum Gasteiger partial charge on any atom is 0.243 e. The van der Waals surface area contributed by atoms with Gasteiger partial charge in [0.25, 0.3) is 0 Å². The second-order valence-corrected chi connectivity index (χ2v) is 13.0. The average Bonchev–Trinajstić information content (AvgIpc) is 3.38. The van der Waals surface area contributed by atoms with Crippen LogP contribution in [0.4, 0.5) is 0 Å². The van der Waals surface area contributed by atoms with Crippen molar-refractivity contribution in [2.24, 2.45) is 11.8 Å². The Morgan fingerprint density at radius 2 is 1.67 bits per heavy atom. The molecule has 0 spiro atoms. The molecule has 0 bridgehead atoms. The number of aryl methyl sites for hydroxylation is 1. The number of sulfonamides is 1.